The molecule has 14 heavy (non-hydrogen) atoms. The first kappa shape index (κ1) is 11.0. The van der Waals surface area contributed by atoms with Crippen LogP contribution >= 0.6 is 0 Å². The highest BCUT2D eigenvalue weighted by molar-refractivity contribution is 5.27. The average Bonchev–Trinajstić information content (AvgIpc) is 2.25. The Morgan fingerprint density at radius 1 is 1.21 bits per heavy atom. The van der Waals surface area contributed by atoms with Crippen LogP contribution in [0.1, 0.15) is 5.56 Å². The summed E-state index contributed by atoms with van der Waals surface area (Å²) in [5.41, 5.74) is 1.33. The topological polar surface area (TPSA) is 33.3 Å². The third-order valence-electron chi connectivity index (χ3n) is 2.05. The Bertz CT molecular complexity index is 246. The van der Waals surface area contributed by atoms with Crippen molar-refractivity contribution in [1.29, 1.82) is 0 Å². The van der Waals surface area contributed by atoms with E-state index < -0.39 is 0 Å². The van der Waals surface area contributed by atoms with Crippen molar-refractivity contribution in [2.75, 3.05) is 27.4 Å². The molecule has 0 saturated carbocycles. The molecule has 3 nitrogen and oxygen atoms in total. The third-order valence-corrected chi connectivity index (χ3v) is 2.05. The molecule has 0 aliphatic rings. The van der Waals surface area contributed by atoms with Gasteiger partial charge in [-0.25, -0.2) is 0 Å². The minimum atomic E-state index is 0.857. The largest absolute Gasteiger partial charge is 0.497 e. The SMILES string of the molecule is CNCNCCc1ccc(OC)cc1. The second-order valence-electron chi connectivity index (χ2n) is 3.13. The highest BCUT2D eigenvalue weighted by atomic mass is 16.5. The minimum Gasteiger partial charge on any atom is -0.497 e. The van der Waals surface area contributed by atoms with Crippen molar-refractivity contribution in [2.45, 2.75) is 6.42 Å². The number of methoxy groups -OCH3 is 1. The Labute approximate surface area is 85.5 Å². The zero-order valence-corrected chi connectivity index (χ0v) is 8.84. The second kappa shape index (κ2) is 6.40. The number of hydrogen-bond acceptors (Lipinski definition) is 3. The van der Waals surface area contributed by atoms with Crippen LogP contribution in [0, 0.1) is 0 Å². The van der Waals surface area contributed by atoms with Crippen molar-refractivity contribution in [3.05, 3.63) is 29.8 Å². The summed E-state index contributed by atoms with van der Waals surface area (Å²) in [6.07, 6.45) is 1.05. The monoisotopic (exact) mass is 194 g/mol. The molecule has 0 radical (unpaired) electrons. The summed E-state index contributed by atoms with van der Waals surface area (Å²) in [6, 6.07) is 8.18. The van der Waals surface area contributed by atoms with E-state index in [4.69, 9.17) is 4.74 Å². The molecule has 1 rings (SSSR count). The molecule has 0 atom stereocenters. The van der Waals surface area contributed by atoms with Crippen molar-refractivity contribution in [1.82, 2.24) is 10.6 Å². The molecule has 1 aromatic rings. The Morgan fingerprint density at radius 3 is 2.50 bits per heavy atom. The van der Waals surface area contributed by atoms with Gasteiger partial charge in [-0.2, -0.15) is 0 Å². The van der Waals surface area contributed by atoms with E-state index in [0.29, 0.717) is 0 Å². The van der Waals surface area contributed by atoms with Gasteiger partial charge in [0.1, 0.15) is 5.75 Å². The summed E-state index contributed by atoms with van der Waals surface area (Å²) in [5.74, 6) is 0.914. The Hall–Kier alpha value is -1.06. The Morgan fingerprint density at radius 2 is 1.93 bits per heavy atom. The molecule has 0 unspecified atom stereocenters. The summed E-state index contributed by atoms with van der Waals surface area (Å²) < 4.78 is 5.09. The smallest absolute Gasteiger partial charge is 0.118 e. The number of rotatable bonds is 6. The van der Waals surface area contributed by atoms with Gasteiger partial charge < -0.3 is 15.4 Å². The standard InChI is InChI=1S/C11H18N2O/c1-12-9-13-8-7-10-3-5-11(14-2)6-4-10/h3-6,12-13H,7-9H2,1-2H3. The van der Waals surface area contributed by atoms with Crippen molar-refractivity contribution in [2.24, 2.45) is 0 Å². The summed E-state index contributed by atoms with van der Waals surface area (Å²) in [7, 11) is 3.61. The molecule has 0 fully saturated rings. The van der Waals surface area contributed by atoms with Gasteiger partial charge in [-0.3, -0.25) is 0 Å². The van der Waals surface area contributed by atoms with Gasteiger partial charge in [-0.15, -0.1) is 0 Å². The summed E-state index contributed by atoms with van der Waals surface area (Å²) >= 11 is 0. The van der Waals surface area contributed by atoms with Gasteiger partial charge in [0.05, 0.1) is 7.11 Å². The van der Waals surface area contributed by atoms with Gasteiger partial charge in [-0.05, 0) is 31.2 Å². The fourth-order valence-corrected chi connectivity index (χ4v) is 1.24. The Kier molecular flexibility index (Phi) is 5.04. The van der Waals surface area contributed by atoms with Crippen LogP contribution in [0.5, 0.6) is 5.75 Å². The van der Waals surface area contributed by atoms with Crippen LogP contribution < -0.4 is 15.4 Å². The molecule has 0 aliphatic heterocycles. The first-order valence-electron chi connectivity index (χ1n) is 4.85. The second-order valence-corrected chi connectivity index (χ2v) is 3.13. The van der Waals surface area contributed by atoms with E-state index in [1.807, 2.05) is 19.2 Å². The lowest BCUT2D eigenvalue weighted by Gasteiger charge is -2.04. The summed E-state index contributed by atoms with van der Waals surface area (Å²) in [4.78, 5) is 0. The van der Waals surface area contributed by atoms with E-state index in [1.165, 1.54) is 5.56 Å². The first-order valence-corrected chi connectivity index (χ1v) is 4.85. The van der Waals surface area contributed by atoms with Crippen molar-refractivity contribution >= 4 is 0 Å². The van der Waals surface area contributed by atoms with Crippen LogP contribution in [0.15, 0.2) is 24.3 Å². The van der Waals surface area contributed by atoms with Crippen LogP contribution in [0.3, 0.4) is 0 Å². The highest BCUT2D eigenvalue weighted by Gasteiger charge is 1.93. The first-order chi connectivity index (χ1) is 6.86. The zero-order chi connectivity index (χ0) is 10.2. The molecule has 1 aromatic carbocycles. The van der Waals surface area contributed by atoms with Crippen molar-refractivity contribution in [3.63, 3.8) is 0 Å². The van der Waals surface area contributed by atoms with E-state index in [0.717, 1.165) is 25.4 Å². The summed E-state index contributed by atoms with van der Waals surface area (Å²) in [6.45, 7) is 1.85. The van der Waals surface area contributed by atoms with Gasteiger partial charge in [0.15, 0.2) is 0 Å². The fourth-order valence-electron chi connectivity index (χ4n) is 1.24. The van der Waals surface area contributed by atoms with Crippen LogP contribution in [0.2, 0.25) is 0 Å². The molecular weight excluding hydrogens is 176 g/mol. The third kappa shape index (κ3) is 3.77. The Balaban J connectivity index is 2.29. The molecule has 0 aliphatic carbocycles. The van der Waals surface area contributed by atoms with Crippen LogP contribution in [-0.2, 0) is 6.42 Å². The van der Waals surface area contributed by atoms with E-state index in [1.54, 1.807) is 7.11 Å². The molecule has 0 heterocycles. The molecule has 2 N–H and O–H groups in total. The van der Waals surface area contributed by atoms with Crippen LogP contribution in [0.4, 0.5) is 0 Å². The fraction of sp³-hybridized carbons (Fsp3) is 0.455. The van der Waals surface area contributed by atoms with Gasteiger partial charge in [-0.1, -0.05) is 12.1 Å². The maximum atomic E-state index is 5.09. The number of nitrogens with one attached hydrogen (secondary N) is 2. The number of hydrogen-bond donors (Lipinski definition) is 2. The van der Waals surface area contributed by atoms with E-state index in [2.05, 4.69) is 22.8 Å². The van der Waals surface area contributed by atoms with Crippen LogP contribution in [0.25, 0.3) is 0 Å². The predicted molar refractivity (Wildman–Crippen MR) is 58.6 cm³/mol. The maximum Gasteiger partial charge on any atom is 0.118 e. The van der Waals surface area contributed by atoms with E-state index in [9.17, 15) is 0 Å². The molecule has 0 amide bonds. The summed E-state index contributed by atoms with van der Waals surface area (Å²) in [5, 5.41) is 6.31. The van der Waals surface area contributed by atoms with Gasteiger partial charge in [0.2, 0.25) is 0 Å². The average molecular weight is 194 g/mol. The maximum absolute atomic E-state index is 5.09. The zero-order valence-electron chi connectivity index (χ0n) is 8.84. The minimum absolute atomic E-state index is 0.857. The molecule has 0 saturated heterocycles. The predicted octanol–water partition coefficient (Wildman–Crippen LogP) is 1.00. The molecule has 78 valence electrons. The van der Waals surface area contributed by atoms with E-state index in [-0.39, 0.29) is 0 Å². The molecule has 3 heteroatoms. The molecule has 0 bridgehead atoms. The van der Waals surface area contributed by atoms with E-state index >= 15 is 0 Å². The lowest BCUT2D eigenvalue weighted by molar-refractivity contribution is 0.414. The lowest BCUT2D eigenvalue weighted by Crippen LogP contribution is -2.27. The van der Waals surface area contributed by atoms with Gasteiger partial charge in [0.25, 0.3) is 0 Å². The molecule has 0 aromatic heterocycles. The quantitative estimate of drug-likeness (QED) is 0.523. The van der Waals surface area contributed by atoms with Crippen molar-refractivity contribution in [3.8, 4) is 5.75 Å². The number of ether oxygens (including phenoxy) is 1. The lowest BCUT2D eigenvalue weighted by atomic mass is 10.1. The normalized spacial score (nSPS) is 10.1. The molecule has 0 spiro atoms. The number of benzene rings is 1. The highest BCUT2D eigenvalue weighted by Crippen LogP contribution is 2.11. The van der Waals surface area contributed by atoms with Gasteiger partial charge in [0, 0.05) is 13.2 Å². The van der Waals surface area contributed by atoms with Crippen molar-refractivity contribution < 1.29 is 4.74 Å². The van der Waals surface area contributed by atoms with Gasteiger partial charge >= 0.3 is 0 Å². The molecular formula is C11H18N2O. The van der Waals surface area contributed by atoms with Crippen LogP contribution in [-0.4, -0.2) is 27.4 Å².